The lowest BCUT2D eigenvalue weighted by Crippen LogP contribution is -2.14. The number of nitrogens with one attached hydrogen (secondary N) is 1. The van der Waals surface area contributed by atoms with E-state index >= 15 is 0 Å². The van der Waals surface area contributed by atoms with Crippen LogP contribution in [-0.2, 0) is 0 Å². The minimum Gasteiger partial charge on any atom is -0.376 e. The van der Waals surface area contributed by atoms with Crippen LogP contribution in [0, 0.1) is 12.7 Å². The summed E-state index contributed by atoms with van der Waals surface area (Å²) < 4.78 is 13.8. The molecule has 5 heteroatoms. The number of halogens is 1. The molecule has 2 heterocycles. The Labute approximate surface area is 128 Å². The number of rotatable bonds is 4. The first-order valence-electron chi connectivity index (χ1n) is 7.07. The molecular formula is C17H16FN4. The zero-order valence-corrected chi connectivity index (χ0v) is 12.4. The van der Waals surface area contributed by atoms with Crippen molar-refractivity contribution in [3.05, 3.63) is 71.6 Å². The zero-order valence-electron chi connectivity index (χ0n) is 12.4. The Hall–Kier alpha value is -2.69. The molecule has 1 aliphatic heterocycles. The average molecular weight is 295 g/mol. The summed E-state index contributed by atoms with van der Waals surface area (Å²) in [7, 11) is 0. The van der Waals surface area contributed by atoms with E-state index in [1.165, 1.54) is 6.07 Å². The number of anilines is 1. The molecule has 1 aromatic carbocycles. The van der Waals surface area contributed by atoms with Crippen molar-refractivity contribution in [1.29, 1.82) is 0 Å². The van der Waals surface area contributed by atoms with Gasteiger partial charge < -0.3 is 5.32 Å². The lowest BCUT2D eigenvalue weighted by molar-refractivity contribution is 0.627. The highest BCUT2D eigenvalue weighted by Crippen LogP contribution is 2.22. The monoisotopic (exact) mass is 295 g/mol. The Morgan fingerprint density at radius 1 is 1.14 bits per heavy atom. The van der Waals surface area contributed by atoms with Gasteiger partial charge in [0.25, 0.3) is 0 Å². The van der Waals surface area contributed by atoms with Crippen molar-refractivity contribution in [2.24, 2.45) is 4.99 Å². The van der Waals surface area contributed by atoms with Crippen LogP contribution in [0.1, 0.15) is 29.9 Å². The maximum Gasteiger partial charge on any atom is 0.178 e. The van der Waals surface area contributed by atoms with Crippen molar-refractivity contribution in [3.8, 4) is 0 Å². The van der Waals surface area contributed by atoms with Gasteiger partial charge in [0, 0.05) is 24.1 Å². The molecule has 0 saturated carbocycles. The summed E-state index contributed by atoms with van der Waals surface area (Å²) in [6.07, 6.45) is 3.28. The van der Waals surface area contributed by atoms with Gasteiger partial charge in [-0.15, -0.1) is 0 Å². The lowest BCUT2D eigenvalue weighted by atomic mass is 10.1. The molecule has 2 aromatic rings. The molecule has 22 heavy (non-hydrogen) atoms. The molecule has 0 fully saturated rings. The van der Waals surface area contributed by atoms with Crippen LogP contribution in [0.4, 0.5) is 10.1 Å². The van der Waals surface area contributed by atoms with E-state index in [9.17, 15) is 4.39 Å². The van der Waals surface area contributed by atoms with Crippen molar-refractivity contribution in [1.82, 2.24) is 10.3 Å². The number of benzene rings is 1. The van der Waals surface area contributed by atoms with Gasteiger partial charge in [-0.3, -0.25) is 0 Å². The van der Waals surface area contributed by atoms with E-state index in [4.69, 9.17) is 0 Å². The van der Waals surface area contributed by atoms with Gasteiger partial charge in [-0.05, 0) is 43.7 Å². The van der Waals surface area contributed by atoms with Gasteiger partial charge in [0.05, 0.1) is 5.69 Å². The summed E-state index contributed by atoms with van der Waals surface area (Å²) >= 11 is 0. The molecule has 0 spiro atoms. The molecule has 0 bridgehead atoms. The number of amidine groups is 1. The number of aliphatic imine (C=N–C) groups is 1. The first kappa shape index (κ1) is 14.3. The first-order chi connectivity index (χ1) is 10.6. The Kier molecular flexibility index (Phi) is 3.87. The third kappa shape index (κ3) is 2.98. The highest BCUT2D eigenvalue weighted by Gasteiger charge is 2.14. The molecule has 1 aromatic heterocycles. The van der Waals surface area contributed by atoms with Gasteiger partial charge >= 0.3 is 0 Å². The number of para-hydroxylation sites is 1. The molecule has 0 amide bonds. The largest absolute Gasteiger partial charge is 0.376 e. The SMILES string of the molecule is Cc1cc(C(C)Nc2ccccc2F)cc(C2=NC=C[N]2)n1. The standard InChI is InChI=1S/C17H16FN4/c1-11-9-13(10-16(21-11)17-19-7-8-20-17)12(2)22-15-6-4-3-5-14(15)18/h3-10,12,22H,1-2H3. The highest BCUT2D eigenvalue weighted by molar-refractivity contribution is 5.99. The van der Waals surface area contributed by atoms with Crippen LogP contribution in [-0.4, -0.2) is 10.8 Å². The zero-order chi connectivity index (χ0) is 15.5. The highest BCUT2D eigenvalue weighted by atomic mass is 19.1. The van der Waals surface area contributed by atoms with Gasteiger partial charge in [-0.2, -0.15) is 0 Å². The number of aryl methyl sites for hydroxylation is 1. The van der Waals surface area contributed by atoms with E-state index in [2.05, 4.69) is 20.6 Å². The Bertz CT molecular complexity index is 752. The second kappa shape index (κ2) is 5.97. The van der Waals surface area contributed by atoms with Gasteiger partial charge in [0.2, 0.25) is 0 Å². The van der Waals surface area contributed by atoms with Crippen LogP contribution >= 0.6 is 0 Å². The summed E-state index contributed by atoms with van der Waals surface area (Å²) in [5.74, 6) is 0.336. The van der Waals surface area contributed by atoms with E-state index in [-0.39, 0.29) is 11.9 Å². The van der Waals surface area contributed by atoms with Gasteiger partial charge in [-0.1, -0.05) is 12.1 Å². The Morgan fingerprint density at radius 2 is 1.95 bits per heavy atom. The van der Waals surface area contributed by atoms with Crippen LogP contribution in [0.5, 0.6) is 0 Å². The van der Waals surface area contributed by atoms with Crippen LogP contribution in [0.25, 0.3) is 0 Å². The van der Waals surface area contributed by atoms with Crippen LogP contribution in [0.15, 0.2) is 53.8 Å². The fourth-order valence-corrected chi connectivity index (χ4v) is 2.33. The summed E-state index contributed by atoms with van der Waals surface area (Å²) in [4.78, 5) is 8.63. The minimum absolute atomic E-state index is 0.0627. The van der Waals surface area contributed by atoms with Crippen LogP contribution in [0.2, 0.25) is 0 Å². The second-order valence-corrected chi connectivity index (χ2v) is 5.15. The fourth-order valence-electron chi connectivity index (χ4n) is 2.33. The second-order valence-electron chi connectivity index (χ2n) is 5.15. The van der Waals surface area contributed by atoms with Crippen molar-refractivity contribution < 1.29 is 4.39 Å². The number of hydrogen-bond acceptors (Lipinski definition) is 3. The van der Waals surface area contributed by atoms with Crippen LogP contribution in [0.3, 0.4) is 0 Å². The van der Waals surface area contributed by atoms with E-state index in [1.54, 1.807) is 30.6 Å². The molecular weight excluding hydrogens is 279 g/mol. The van der Waals surface area contributed by atoms with Crippen LogP contribution < -0.4 is 10.6 Å². The number of aromatic nitrogens is 1. The molecule has 4 nitrogen and oxygen atoms in total. The molecule has 1 atom stereocenters. The van der Waals surface area contributed by atoms with Gasteiger partial charge in [0.1, 0.15) is 11.5 Å². The molecule has 1 aliphatic rings. The quantitative estimate of drug-likeness (QED) is 0.938. The maximum absolute atomic E-state index is 13.8. The number of nitrogens with zero attached hydrogens (tertiary/aromatic N) is 3. The minimum atomic E-state index is -0.264. The molecule has 1 radical (unpaired) electrons. The van der Waals surface area contributed by atoms with E-state index in [1.807, 2.05) is 26.0 Å². The maximum atomic E-state index is 13.8. The van der Waals surface area contributed by atoms with Crippen molar-refractivity contribution in [3.63, 3.8) is 0 Å². The van der Waals surface area contributed by atoms with E-state index < -0.39 is 0 Å². The third-order valence-corrected chi connectivity index (χ3v) is 3.41. The molecule has 0 saturated heterocycles. The predicted octanol–water partition coefficient (Wildman–Crippen LogP) is 3.54. The topological polar surface area (TPSA) is 51.4 Å². The normalized spacial score (nSPS) is 14.4. The van der Waals surface area contributed by atoms with Crippen molar-refractivity contribution in [2.75, 3.05) is 5.32 Å². The summed E-state index contributed by atoms with van der Waals surface area (Å²) in [6.45, 7) is 3.91. The predicted molar refractivity (Wildman–Crippen MR) is 85.2 cm³/mol. The smallest absolute Gasteiger partial charge is 0.178 e. The number of pyridine rings is 1. The molecule has 1 N–H and O–H groups in total. The average Bonchev–Trinajstić information content (AvgIpc) is 3.03. The first-order valence-corrected chi connectivity index (χ1v) is 7.07. The Balaban J connectivity index is 1.86. The van der Waals surface area contributed by atoms with Crippen molar-refractivity contribution in [2.45, 2.75) is 19.9 Å². The summed E-state index contributed by atoms with van der Waals surface area (Å²) in [6, 6.07) is 10.5. The Morgan fingerprint density at radius 3 is 2.68 bits per heavy atom. The summed E-state index contributed by atoms with van der Waals surface area (Å²) in [5.41, 5.74) is 3.09. The molecule has 111 valence electrons. The van der Waals surface area contributed by atoms with Crippen molar-refractivity contribution >= 4 is 11.5 Å². The molecule has 3 rings (SSSR count). The fraction of sp³-hybridized carbons (Fsp3) is 0.176. The lowest BCUT2D eigenvalue weighted by Gasteiger charge is -2.17. The van der Waals surface area contributed by atoms with E-state index in [0.717, 1.165) is 17.0 Å². The molecule has 1 unspecified atom stereocenters. The van der Waals surface area contributed by atoms with Gasteiger partial charge in [-0.25, -0.2) is 19.7 Å². The van der Waals surface area contributed by atoms with Gasteiger partial charge in [0.15, 0.2) is 5.84 Å². The number of hydrogen-bond donors (Lipinski definition) is 1. The third-order valence-electron chi connectivity index (χ3n) is 3.41. The molecule has 0 aliphatic carbocycles. The summed E-state index contributed by atoms with van der Waals surface area (Å²) in [5, 5.41) is 7.35. The van der Waals surface area contributed by atoms with E-state index in [0.29, 0.717) is 11.5 Å².